The molecule has 0 amide bonds. The van der Waals surface area contributed by atoms with Crippen molar-refractivity contribution in [2.45, 2.75) is 38.0 Å². The molecular weight excluding hydrogens is 651 g/mol. The lowest BCUT2D eigenvalue weighted by Crippen LogP contribution is -2.77. The molecule has 0 N–H and O–H groups in total. The Morgan fingerprint density at radius 1 is 0.404 bits per heavy atom. The Kier molecular flexibility index (Phi) is 7.58. The normalized spacial score (nSPS) is 15.3. The largest absolute Gasteiger partial charge is 0.458 e. The number of ether oxygens (including phenoxy) is 2. The Bertz CT molecular complexity index is 2300. The van der Waals surface area contributed by atoms with Crippen LogP contribution in [0.1, 0.15) is 43.6 Å². The summed E-state index contributed by atoms with van der Waals surface area (Å²) in [6, 6.07) is 61.7. The Labute approximate surface area is 306 Å². The smallest absolute Gasteiger partial charge is 0.196 e. The summed E-state index contributed by atoms with van der Waals surface area (Å²) in [5.74, 6) is 4.34. The van der Waals surface area contributed by atoms with Crippen molar-refractivity contribution >= 4 is 45.9 Å². The first kappa shape index (κ1) is 30.9. The predicted molar refractivity (Wildman–Crippen MR) is 216 cm³/mol. The van der Waals surface area contributed by atoms with Gasteiger partial charge in [-0.1, -0.05) is 128 Å². The number of anilines is 3. The second kappa shape index (κ2) is 12.7. The molecule has 0 radical (unpaired) electrons. The molecule has 0 atom stereocenters. The van der Waals surface area contributed by atoms with E-state index >= 15 is 0 Å². The standard InChI is InChI=1S/C48H39NO2Si/c1-3-13-34(14-4-1)36-23-27-38(28-24-36)49(39-29-25-37(26-30-39)35-15-5-2-6-16-35)40-31-32-44-48(33-40)52(47-22-12-9-19-43(47)51-44)45-20-10-7-17-41(45)50-42-18-8-11-21-46(42)52/h1,3-4,7-14,17-33,35H,2,5-6,15-16H2. The van der Waals surface area contributed by atoms with Crippen molar-refractivity contribution in [2.24, 2.45) is 0 Å². The van der Waals surface area contributed by atoms with Crippen molar-refractivity contribution in [2.75, 3.05) is 4.90 Å². The fourth-order valence-electron chi connectivity index (χ4n) is 8.96. The van der Waals surface area contributed by atoms with Gasteiger partial charge in [0.2, 0.25) is 0 Å². The van der Waals surface area contributed by atoms with Gasteiger partial charge in [-0.3, -0.25) is 0 Å². The minimum absolute atomic E-state index is 0.655. The first-order chi connectivity index (χ1) is 25.8. The molecule has 10 rings (SSSR count). The summed E-state index contributed by atoms with van der Waals surface area (Å²) >= 11 is 0. The first-order valence-corrected chi connectivity index (χ1v) is 20.6. The van der Waals surface area contributed by atoms with Gasteiger partial charge in [-0.2, -0.15) is 0 Å². The Hall–Kier alpha value is -5.84. The van der Waals surface area contributed by atoms with Crippen LogP contribution in [-0.2, 0) is 0 Å². The van der Waals surface area contributed by atoms with E-state index in [4.69, 9.17) is 9.47 Å². The summed E-state index contributed by atoms with van der Waals surface area (Å²) in [5.41, 5.74) is 7.24. The Balaban J connectivity index is 1.18. The van der Waals surface area contributed by atoms with E-state index in [0.717, 1.165) is 40.1 Å². The predicted octanol–water partition coefficient (Wildman–Crippen LogP) is 10.5. The summed E-state index contributed by atoms with van der Waals surface area (Å²) in [7, 11) is -2.89. The fourth-order valence-corrected chi connectivity index (χ4v) is 14.1. The molecule has 2 heterocycles. The highest BCUT2D eigenvalue weighted by molar-refractivity contribution is 7.21. The topological polar surface area (TPSA) is 21.7 Å². The summed E-state index contributed by atoms with van der Waals surface area (Å²) in [6.45, 7) is 0. The van der Waals surface area contributed by atoms with Crippen molar-refractivity contribution in [1.29, 1.82) is 0 Å². The van der Waals surface area contributed by atoms with E-state index in [2.05, 4.69) is 175 Å². The third kappa shape index (κ3) is 5.01. The molecule has 3 nitrogen and oxygen atoms in total. The van der Waals surface area contributed by atoms with Crippen LogP contribution in [0.15, 0.2) is 170 Å². The Morgan fingerprint density at radius 2 is 0.865 bits per heavy atom. The maximum atomic E-state index is 6.80. The molecule has 1 spiro atoms. The van der Waals surface area contributed by atoms with E-state index in [-0.39, 0.29) is 0 Å². The van der Waals surface area contributed by atoms with Gasteiger partial charge in [0.1, 0.15) is 23.0 Å². The van der Waals surface area contributed by atoms with Gasteiger partial charge in [0.15, 0.2) is 8.07 Å². The summed E-state index contributed by atoms with van der Waals surface area (Å²) in [4.78, 5) is 2.42. The number of nitrogens with zero attached hydrogens (tertiary/aromatic N) is 1. The van der Waals surface area contributed by atoms with E-state index in [1.54, 1.807) is 0 Å². The molecule has 1 aliphatic carbocycles. The maximum Gasteiger partial charge on any atom is 0.196 e. The summed E-state index contributed by atoms with van der Waals surface area (Å²) in [5, 5.41) is 4.98. The van der Waals surface area contributed by atoms with Gasteiger partial charge < -0.3 is 14.4 Å². The van der Waals surface area contributed by atoms with Crippen LogP contribution in [0.5, 0.6) is 23.0 Å². The Morgan fingerprint density at radius 3 is 1.44 bits per heavy atom. The molecule has 3 aliphatic rings. The zero-order chi connectivity index (χ0) is 34.5. The van der Waals surface area contributed by atoms with Gasteiger partial charge in [-0.05, 0) is 117 Å². The lowest BCUT2D eigenvalue weighted by molar-refractivity contribution is 0.443. The number of hydrogen-bond acceptors (Lipinski definition) is 3. The third-order valence-electron chi connectivity index (χ3n) is 11.4. The zero-order valence-corrected chi connectivity index (χ0v) is 30.0. The number of fused-ring (bicyclic) bond motifs is 8. The summed E-state index contributed by atoms with van der Waals surface area (Å²) in [6.07, 6.45) is 6.59. The van der Waals surface area contributed by atoms with Crippen LogP contribution < -0.4 is 35.1 Å². The van der Waals surface area contributed by atoms with Crippen molar-refractivity contribution in [1.82, 2.24) is 0 Å². The highest BCUT2D eigenvalue weighted by Crippen LogP contribution is 2.41. The average Bonchev–Trinajstić information content (AvgIpc) is 3.22. The highest BCUT2D eigenvalue weighted by atomic mass is 28.3. The second-order valence-corrected chi connectivity index (χ2v) is 18.0. The SMILES string of the molecule is c1ccc(-c2ccc(N(c3ccc(C4CCCCC4)cc3)c3ccc4c(c3)[Si]3(c5ccccc5Oc5ccccc53)c3ccccc3O4)cc2)cc1. The van der Waals surface area contributed by atoms with Gasteiger partial charge in [0, 0.05) is 17.1 Å². The molecule has 252 valence electrons. The van der Waals surface area contributed by atoms with Gasteiger partial charge in [-0.25, -0.2) is 0 Å². The monoisotopic (exact) mass is 689 g/mol. The minimum atomic E-state index is -2.89. The van der Waals surface area contributed by atoms with Crippen LogP contribution in [0.3, 0.4) is 0 Å². The van der Waals surface area contributed by atoms with E-state index in [1.807, 2.05) is 0 Å². The van der Waals surface area contributed by atoms with E-state index < -0.39 is 8.07 Å². The van der Waals surface area contributed by atoms with Crippen LogP contribution in [0, 0.1) is 0 Å². The molecule has 2 aliphatic heterocycles. The quantitative estimate of drug-likeness (QED) is 0.168. The van der Waals surface area contributed by atoms with E-state index in [9.17, 15) is 0 Å². The lowest BCUT2D eigenvalue weighted by atomic mass is 9.84. The first-order valence-electron chi connectivity index (χ1n) is 18.6. The van der Waals surface area contributed by atoms with Crippen LogP contribution in [0.4, 0.5) is 17.1 Å². The van der Waals surface area contributed by atoms with Crippen LogP contribution in [-0.4, -0.2) is 8.07 Å². The van der Waals surface area contributed by atoms with Gasteiger partial charge in [0.05, 0.1) is 0 Å². The minimum Gasteiger partial charge on any atom is -0.458 e. The van der Waals surface area contributed by atoms with Crippen molar-refractivity contribution in [3.8, 4) is 34.1 Å². The van der Waals surface area contributed by atoms with Crippen LogP contribution >= 0.6 is 0 Å². The van der Waals surface area contributed by atoms with Crippen LogP contribution in [0.2, 0.25) is 0 Å². The van der Waals surface area contributed by atoms with E-state index in [0.29, 0.717) is 5.92 Å². The van der Waals surface area contributed by atoms with Crippen molar-refractivity contribution in [3.05, 3.63) is 175 Å². The van der Waals surface area contributed by atoms with Crippen LogP contribution in [0.25, 0.3) is 11.1 Å². The molecule has 0 bridgehead atoms. The molecule has 7 aromatic carbocycles. The lowest BCUT2D eigenvalue weighted by Gasteiger charge is -2.43. The number of benzene rings is 7. The molecule has 1 fully saturated rings. The number of para-hydroxylation sites is 3. The summed E-state index contributed by atoms with van der Waals surface area (Å²) < 4.78 is 13.4. The molecular formula is C48H39NO2Si. The van der Waals surface area contributed by atoms with Gasteiger partial charge >= 0.3 is 0 Å². The average molecular weight is 690 g/mol. The molecule has 0 aromatic heterocycles. The molecule has 52 heavy (non-hydrogen) atoms. The van der Waals surface area contributed by atoms with Gasteiger partial charge in [0.25, 0.3) is 0 Å². The van der Waals surface area contributed by atoms with E-state index in [1.165, 1.54) is 69.5 Å². The maximum absolute atomic E-state index is 6.80. The van der Waals surface area contributed by atoms with Crippen molar-refractivity contribution < 1.29 is 9.47 Å². The molecule has 4 heteroatoms. The number of rotatable bonds is 5. The molecule has 7 aromatic rings. The second-order valence-electron chi connectivity index (χ2n) is 14.3. The highest BCUT2D eigenvalue weighted by Gasteiger charge is 2.53. The third-order valence-corrected chi connectivity index (χ3v) is 16.3. The van der Waals surface area contributed by atoms with Gasteiger partial charge in [-0.15, -0.1) is 0 Å². The molecule has 0 saturated heterocycles. The molecule has 1 saturated carbocycles. The van der Waals surface area contributed by atoms with Crippen molar-refractivity contribution in [3.63, 3.8) is 0 Å². The zero-order valence-electron chi connectivity index (χ0n) is 29.0. The fraction of sp³-hybridized carbons (Fsp3) is 0.125. The number of hydrogen-bond donors (Lipinski definition) is 0. The molecule has 0 unspecified atom stereocenters.